The fraction of sp³-hybridized carbons (Fsp3) is 0.182. The average Bonchev–Trinajstić information content (AvgIpc) is 2.89. The van der Waals surface area contributed by atoms with Crippen molar-refractivity contribution in [3.05, 3.63) is 83.9 Å². The smallest absolute Gasteiger partial charge is 0.0494 e. The minimum absolute atomic E-state index is 0.901. The number of hydrogen-bond acceptors (Lipinski definition) is 1. The van der Waals surface area contributed by atoms with Crippen LogP contribution in [0, 0.1) is 0 Å². The summed E-state index contributed by atoms with van der Waals surface area (Å²) in [6, 6.07) is 26.3. The molecule has 120 valence electrons. The third-order valence-corrected chi connectivity index (χ3v) is 4.52. The minimum atomic E-state index is 0.901. The standard InChI is InChI=1S/C22H22N2/c1-23(2)15-18-12-13-22-20(14-18)19-10-6-7-11-21(19)24(22)16-17-8-4-3-5-9-17/h3-14H,15-16H2,1-2H3. The molecule has 0 N–H and O–H groups in total. The average molecular weight is 314 g/mol. The molecule has 1 heterocycles. The number of hydrogen-bond donors (Lipinski definition) is 0. The van der Waals surface area contributed by atoms with Gasteiger partial charge in [-0.15, -0.1) is 0 Å². The summed E-state index contributed by atoms with van der Waals surface area (Å²) in [5.41, 5.74) is 5.30. The van der Waals surface area contributed by atoms with Crippen molar-refractivity contribution in [1.82, 2.24) is 9.47 Å². The first-order valence-corrected chi connectivity index (χ1v) is 8.41. The van der Waals surface area contributed by atoms with Gasteiger partial charge in [-0.25, -0.2) is 0 Å². The van der Waals surface area contributed by atoms with Crippen LogP contribution in [0.4, 0.5) is 0 Å². The second-order valence-electron chi connectivity index (χ2n) is 6.68. The highest BCUT2D eigenvalue weighted by atomic mass is 15.0. The Kier molecular flexibility index (Phi) is 3.83. The van der Waals surface area contributed by atoms with Crippen molar-refractivity contribution in [1.29, 1.82) is 0 Å². The zero-order chi connectivity index (χ0) is 16.5. The molecule has 0 aliphatic carbocycles. The molecule has 0 amide bonds. The van der Waals surface area contributed by atoms with E-state index in [1.807, 2.05) is 0 Å². The molecule has 24 heavy (non-hydrogen) atoms. The Morgan fingerprint density at radius 3 is 2.21 bits per heavy atom. The maximum Gasteiger partial charge on any atom is 0.0494 e. The molecule has 2 nitrogen and oxygen atoms in total. The Morgan fingerprint density at radius 1 is 0.708 bits per heavy atom. The maximum atomic E-state index is 2.43. The van der Waals surface area contributed by atoms with Gasteiger partial charge in [0.25, 0.3) is 0 Å². The summed E-state index contributed by atoms with van der Waals surface area (Å²) in [4.78, 5) is 2.21. The van der Waals surface area contributed by atoms with Gasteiger partial charge < -0.3 is 9.47 Å². The quantitative estimate of drug-likeness (QED) is 0.520. The number of para-hydroxylation sites is 1. The summed E-state index contributed by atoms with van der Waals surface area (Å²) < 4.78 is 2.43. The lowest BCUT2D eigenvalue weighted by Crippen LogP contribution is -2.10. The Hall–Kier alpha value is -2.58. The van der Waals surface area contributed by atoms with Crippen molar-refractivity contribution in [3.8, 4) is 0 Å². The molecule has 1 aromatic heterocycles. The van der Waals surface area contributed by atoms with E-state index in [1.54, 1.807) is 0 Å². The van der Waals surface area contributed by atoms with Crippen LogP contribution in [0.5, 0.6) is 0 Å². The number of aromatic nitrogens is 1. The molecule has 0 saturated heterocycles. The predicted molar refractivity (Wildman–Crippen MR) is 102 cm³/mol. The molecule has 4 rings (SSSR count). The van der Waals surface area contributed by atoms with Crippen molar-refractivity contribution >= 4 is 21.8 Å². The van der Waals surface area contributed by atoms with Crippen LogP contribution >= 0.6 is 0 Å². The molecule has 0 unspecified atom stereocenters. The number of fused-ring (bicyclic) bond motifs is 3. The largest absolute Gasteiger partial charge is 0.336 e. The topological polar surface area (TPSA) is 8.17 Å². The van der Waals surface area contributed by atoms with Gasteiger partial charge in [-0.05, 0) is 43.4 Å². The number of nitrogens with zero attached hydrogens (tertiary/aromatic N) is 2. The number of benzene rings is 3. The highest BCUT2D eigenvalue weighted by molar-refractivity contribution is 6.08. The molecule has 0 aliphatic rings. The molecule has 0 aliphatic heterocycles. The Balaban J connectivity index is 1.91. The third kappa shape index (κ3) is 2.70. The highest BCUT2D eigenvalue weighted by Gasteiger charge is 2.11. The molecular weight excluding hydrogens is 292 g/mol. The minimum Gasteiger partial charge on any atom is -0.336 e. The van der Waals surface area contributed by atoms with Crippen LogP contribution in [0.25, 0.3) is 21.8 Å². The first kappa shape index (κ1) is 15.0. The molecule has 0 bridgehead atoms. The van der Waals surface area contributed by atoms with E-state index < -0.39 is 0 Å². The van der Waals surface area contributed by atoms with Gasteiger partial charge in [0.2, 0.25) is 0 Å². The lowest BCUT2D eigenvalue weighted by Gasteiger charge is -2.10. The van der Waals surface area contributed by atoms with Crippen molar-refractivity contribution in [2.24, 2.45) is 0 Å². The second kappa shape index (κ2) is 6.14. The van der Waals surface area contributed by atoms with Crippen LogP contribution in [0.15, 0.2) is 72.8 Å². The van der Waals surface area contributed by atoms with Gasteiger partial charge >= 0.3 is 0 Å². The Morgan fingerprint density at radius 2 is 1.42 bits per heavy atom. The van der Waals surface area contributed by atoms with E-state index in [2.05, 4.69) is 96.4 Å². The highest BCUT2D eigenvalue weighted by Crippen LogP contribution is 2.30. The molecule has 3 aromatic carbocycles. The fourth-order valence-electron chi connectivity index (χ4n) is 3.50. The van der Waals surface area contributed by atoms with Gasteiger partial charge in [-0.2, -0.15) is 0 Å². The van der Waals surface area contributed by atoms with Crippen LogP contribution in [0.1, 0.15) is 11.1 Å². The Labute approximate surface area is 142 Å². The molecule has 0 radical (unpaired) electrons. The van der Waals surface area contributed by atoms with E-state index in [0.717, 1.165) is 13.1 Å². The molecule has 4 aromatic rings. The van der Waals surface area contributed by atoms with Gasteiger partial charge in [0.05, 0.1) is 0 Å². The normalized spacial score (nSPS) is 11.6. The van der Waals surface area contributed by atoms with Crippen LogP contribution in [0.2, 0.25) is 0 Å². The molecular formula is C22H22N2. The molecule has 0 fully saturated rings. The zero-order valence-electron chi connectivity index (χ0n) is 14.2. The molecule has 2 heteroatoms. The van der Waals surface area contributed by atoms with Crippen molar-refractivity contribution in [2.45, 2.75) is 13.1 Å². The Bertz CT molecular complexity index is 981. The first-order valence-electron chi connectivity index (χ1n) is 8.41. The molecule has 0 saturated carbocycles. The fourth-order valence-corrected chi connectivity index (χ4v) is 3.50. The summed E-state index contributed by atoms with van der Waals surface area (Å²) in [6.07, 6.45) is 0. The summed E-state index contributed by atoms with van der Waals surface area (Å²) in [5.74, 6) is 0. The van der Waals surface area contributed by atoms with Crippen LogP contribution in [-0.4, -0.2) is 23.6 Å². The first-order chi connectivity index (χ1) is 11.7. The van der Waals surface area contributed by atoms with E-state index in [1.165, 1.54) is 32.9 Å². The van der Waals surface area contributed by atoms with Crippen molar-refractivity contribution in [2.75, 3.05) is 14.1 Å². The van der Waals surface area contributed by atoms with Gasteiger partial charge in [0.15, 0.2) is 0 Å². The molecule has 0 atom stereocenters. The van der Waals surface area contributed by atoms with Gasteiger partial charge in [0.1, 0.15) is 0 Å². The van der Waals surface area contributed by atoms with Gasteiger partial charge in [-0.1, -0.05) is 54.6 Å². The SMILES string of the molecule is CN(C)Cc1ccc2c(c1)c1ccccc1n2Cc1ccccc1. The third-order valence-electron chi connectivity index (χ3n) is 4.52. The number of rotatable bonds is 4. The summed E-state index contributed by atoms with van der Waals surface area (Å²) in [6.45, 7) is 1.87. The maximum absolute atomic E-state index is 2.43. The van der Waals surface area contributed by atoms with E-state index in [-0.39, 0.29) is 0 Å². The van der Waals surface area contributed by atoms with E-state index in [4.69, 9.17) is 0 Å². The lowest BCUT2D eigenvalue weighted by molar-refractivity contribution is 0.403. The van der Waals surface area contributed by atoms with Gasteiger partial charge in [-0.3, -0.25) is 0 Å². The van der Waals surface area contributed by atoms with E-state index in [0.29, 0.717) is 0 Å². The molecule has 0 spiro atoms. The summed E-state index contributed by atoms with van der Waals surface area (Å²) in [7, 11) is 4.23. The zero-order valence-corrected chi connectivity index (χ0v) is 14.2. The van der Waals surface area contributed by atoms with Crippen LogP contribution < -0.4 is 0 Å². The second-order valence-corrected chi connectivity index (χ2v) is 6.68. The van der Waals surface area contributed by atoms with E-state index in [9.17, 15) is 0 Å². The van der Waals surface area contributed by atoms with E-state index >= 15 is 0 Å². The van der Waals surface area contributed by atoms with Crippen molar-refractivity contribution < 1.29 is 0 Å². The summed E-state index contributed by atoms with van der Waals surface area (Å²) >= 11 is 0. The van der Waals surface area contributed by atoms with Crippen LogP contribution in [-0.2, 0) is 13.1 Å². The van der Waals surface area contributed by atoms with Crippen LogP contribution in [0.3, 0.4) is 0 Å². The monoisotopic (exact) mass is 314 g/mol. The summed E-state index contributed by atoms with van der Waals surface area (Å²) in [5, 5.41) is 2.69. The van der Waals surface area contributed by atoms with Gasteiger partial charge in [0, 0.05) is 34.9 Å². The lowest BCUT2D eigenvalue weighted by atomic mass is 10.1. The van der Waals surface area contributed by atoms with Crippen molar-refractivity contribution in [3.63, 3.8) is 0 Å². The predicted octanol–water partition coefficient (Wildman–Crippen LogP) is 4.90.